The third-order valence-corrected chi connectivity index (χ3v) is 5.63. The molecule has 1 amide bonds. The molecule has 1 aliphatic rings. The first kappa shape index (κ1) is 22.0. The van der Waals surface area contributed by atoms with Gasteiger partial charge in [-0.25, -0.2) is 14.4 Å². The molecule has 0 unspecified atom stereocenters. The van der Waals surface area contributed by atoms with Crippen molar-refractivity contribution in [3.8, 4) is 17.1 Å². The highest BCUT2D eigenvalue weighted by Gasteiger charge is 2.18. The van der Waals surface area contributed by atoms with E-state index in [-0.39, 0.29) is 5.91 Å². The van der Waals surface area contributed by atoms with Gasteiger partial charge in [0.05, 0.1) is 29.9 Å². The number of anilines is 1. The number of amides is 1. The molecule has 174 valence electrons. The van der Waals surface area contributed by atoms with Gasteiger partial charge < -0.3 is 19.8 Å². The molecule has 1 aliphatic heterocycles. The van der Waals surface area contributed by atoms with Crippen LogP contribution in [0, 0.1) is 5.82 Å². The van der Waals surface area contributed by atoms with Gasteiger partial charge in [-0.1, -0.05) is 12.1 Å². The van der Waals surface area contributed by atoms with Crippen molar-refractivity contribution in [1.29, 1.82) is 0 Å². The quantitative estimate of drug-likeness (QED) is 0.436. The predicted octanol–water partition coefficient (Wildman–Crippen LogP) is 3.73. The highest BCUT2D eigenvalue weighted by Crippen LogP contribution is 2.31. The molecule has 4 aromatic rings. The summed E-state index contributed by atoms with van der Waals surface area (Å²) in [5.41, 5.74) is 2.02. The predicted molar refractivity (Wildman–Crippen MR) is 126 cm³/mol. The average Bonchev–Trinajstić information content (AvgIpc) is 3.30. The summed E-state index contributed by atoms with van der Waals surface area (Å²) in [6.45, 7) is 4.38. The van der Waals surface area contributed by atoms with E-state index in [9.17, 15) is 9.18 Å². The smallest absolute Gasteiger partial charge is 0.259 e. The second-order valence-electron chi connectivity index (χ2n) is 7.90. The van der Waals surface area contributed by atoms with E-state index in [1.165, 1.54) is 12.1 Å². The van der Waals surface area contributed by atoms with E-state index in [0.29, 0.717) is 46.2 Å². The number of benzene rings is 2. The van der Waals surface area contributed by atoms with Crippen LogP contribution in [0.5, 0.6) is 5.75 Å². The van der Waals surface area contributed by atoms with Crippen LogP contribution in [0.25, 0.3) is 22.4 Å². The van der Waals surface area contributed by atoms with E-state index in [2.05, 4.69) is 25.2 Å². The lowest BCUT2D eigenvalue weighted by atomic mass is 10.1. The number of halogens is 1. The highest BCUT2D eigenvalue weighted by molar-refractivity contribution is 6.11. The number of carbonyl (C=O) groups is 1. The Hall–Kier alpha value is -3.82. The van der Waals surface area contributed by atoms with Crippen LogP contribution in [0.2, 0.25) is 0 Å². The second kappa shape index (κ2) is 9.98. The lowest BCUT2D eigenvalue weighted by molar-refractivity contribution is 0.0323. The molecule has 0 saturated carbocycles. The fourth-order valence-electron chi connectivity index (χ4n) is 3.89. The number of carbonyl (C=O) groups excluding carboxylic acids is 1. The van der Waals surface area contributed by atoms with Crippen molar-refractivity contribution in [2.24, 2.45) is 0 Å². The first-order chi connectivity index (χ1) is 16.7. The molecule has 2 aromatic carbocycles. The SMILES string of the molecule is O=C(Nc1ccccn1)c1cccc2[nH]c(-c3cc(F)ccc3OCCN3CCOCC3)nc12. The molecule has 1 saturated heterocycles. The minimum Gasteiger partial charge on any atom is -0.491 e. The first-order valence-electron chi connectivity index (χ1n) is 11.1. The fourth-order valence-corrected chi connectivity index (χ4v) is 3.89. The van der Waals surface area contributed by atoms with E-state index in [4.69, 9.17) is 9.47 Å². The number of para-hydroxylation sites is 1. The van der Waals surface area contributed by atoms with Gasteiger partial charge in [0, 0.05) is 25.8 Å². The molecule has 5 rings (SSSR count). The molecule has 9 heteroatoms. The molecule has 2 aromatic heterocycles. The van der Waals surface area contributed by atoms with Gasteiger partial charge >= 0.3 is 0 Å². The zero-order valence-electron chi connectivity index (χ0n) is 18.5. The van der Waals surface area contributed by atoms with Crippen LogP contribution in [0.1, 0.15) is 10.4 Å². The minimum absolute atomic E-state index is 0.330. The minimum atomic E-state index is -0.399. The van der Waals surface area contributed by atoms with Gasteiger partial charge in [0.2, 0.25) is 0 Å². The number of fused-ring (bicyclic) bond motifs is 1. The Morgan fingerprint density at radius 3 is 2.85 bits per heavy atom. The number of hydrogen-bond donors (Lipinski definition) is 2. The number of ether oxygens (including phenoxy) is 2. The van der Waals surface area contributed by atoms with Crippen molar-refractivity contribution >= 4 is 22.8 Å². The van der Waals surface area contributed by atoms with Crippen LogP contribution in [0.3, 0.4) is 0 Å². The third-order valence-electron chi connectivity index (χ3n) is 5.63. The number of morpholine rings is 1. The number of pyridine rings is 1. The zero-order valence-corrected chi connectivity index (χ0v) is 18.5. The van der Waals surface area contributed by atoms with E-state index >= 15 is 0 Å². The Labute approximate surface area is 195 Å². The Morgan fingerprint density at radius 1 is 1.15 bits per heavy atom. The largest absolute Gasteiger partial charge is 0.491 e. The van der Waals surface area contributed by atoms with Crippen molar-refractivity contribution < 1.29 is 18.7 Å². The Bertz CT molecular complexity index is 1290. The molecule has 0 aliphatic carbocycles. The van der Waals surface area contributed by atoms with E-state index in [0.717, 1.165) is 32.8 Å². The summed E-state index contributed by atoms with van der Waals surface area (Å²) >= 11 is 0. The van der Waals surface area contributed by atoms with E-state index in [1.54, 1.807) is 42.6 Å². The van der Waals surface area contributed by atoms with Crippen LogP contribution in [0.4, 0.5) is 10.2 Å². The molecule has 1 fully saturated rings. The number of H-pyrrole nitrogens is 1. The molecule has 0 spiro atoms. The summed E-state index contributed by atoms with van der Waals surface area (Å²) in [6.07, 6.45) is 1.60. The van der Waals surface area contributed by atoms with Crippen LogP contribution in [-0.2, 0) is 4.74 Å². The van der Waals surface area contributed by atoms with Crippen molar-refractivity contribution in [3.63, 3.8) is 0 Å². The molecule has 0 bridgehead atoms. The summed E-state index contributed by atoms with van der Waals surface area (Å²) in [5, 5.41) is 2.78. The van der Waals surface area contributed by atoms with Crippen LogP contribution in [0.15, 0.2) is 60.8 Å². The standard InChI is InChI=1S/C25H24FN5O3/c26-17-7-8-21(34-15-12-31-10-13-33-14-11-31)19(16-17)24-28-20-5-3-4-18(23(20)30-24)25(32)29-22-6-1-2-9-27-22/h1-9,16H,10-15H2,(H,28,30)(H,27,29,32). The Morgan fingerprint density at radius 2 is 2.03 bits per heavy atom. The molecule has 3 heterocycles. The molecule has 34 heavy (non-hydrogen) atoms. The molecular weight excluding hydrogens is 437 g/mol. The molecule has 0 radical (unpaired) electrons. The third kappa shape index (κ3) is 4.90. The number of nitrogens with one attached hydrogen (secondary N) is 2. The van der Waals surface area contributed by atoms with Gasteiger partial charge in [0.25, 0.3) is 5.91 Å². The van der Waals surface area contributed by atoms with E-state index < -0.39 is 5.82 Å². The fraction of sp³-hybridized carbons (Fsp3) is 0.240. The van der Waals surface area contributed by atoms with Crippen molar-refractivity contribution in [2.75, 3.05) is 44.8 Å². The number of aromatic amines is 1. The van der Waals surface area contributed by atoms with Crippen molar-refractivity contribution in [1.82, 2.24) is 19.9 Å². The highest BCUT2D eigenvalue weighted by atomic mass is 19.1. The van der Waals surface area contributed by atoms with Gasteiger partial charge in [-0.05, 0) is 42.5 Å². The maximum absolute atomic E-state index is 14.2. The van der Waals surface area contributed by atoms with Crippen molar-refractivity contribution in [2.45, 2.75) is 0 Å². The maximum Gasteiger partial charge on any atom is 0.259 e. The summed E-state index contributed by atoms with van der Waals surface area (Å²) in [6, 6.07) is 14.9. The summed E-state index contributed by atoms with van der Waals surface area (Å²) < 4.78 is 25.5. The summed E-state index contributed by atoms with van der Waals surface area (Å²) in [4.78, 5) is 27.1. The zero-order chi connectivity index (χ0) is 23.3. The lowest BCUT2D eigenvalue weighted by Crippen LogP contribution is -2.38. The average molecular weight is 461 g/mol. The second-order valence-corrected chi connectivity index (χ2v) is 7.90. The summed E-state index contributed by atoms with van der Waals surface area (Å²) in [7, 11) is 0. The van der Waals surface area contributed by atoms with Crippen LogP contribution in [-0.4, -0.2) is 65.2 Å². The van der Waals surface area contributed by atoms with Gasteiger partial charge in [-0.15, -0.1) is 0 Å². The van der Waals surface area contributed by atoms with Gasteiger partial charge in [-0.2, -0.15) is 0 Å². The summed E-state index contributed by atoms with van der Waals surface area (Å²) in [5.74, 6) is 0.663. The Kier molecular flexibility index (Phi) is 6.46. The Balaban J connectivity index is 1.40. The number of rotatable bonds is 7. The van der Waals surface area contributed by atoms with E-state index in [1.807, 2.05) is 6.07 Å². The topological polar surface area (TPSA) is 92.4 Å². The lowest BCUT2D eigenvalue weighted by Gasteiger charge is -2.26. The normalized spacial score (nSPS) is 14.3. The van der Waals surface area contributed by atoms with Crippen molar-refractivity contribution in [3.05, 3.63) is 72.2 Å². The van der Waals surface area contributed by atoms with Crippen LogP contribution >= 0.6 is 0 Å². The van der Waals surface area contributed by atoms with Gasteiger partial charge in [-0.3, -0.25) is 9.69 Å². The van der Waals surface area contributed by atoms with Gasteiger partial charge in [0.1, 0.15) is 35.3 Å². The number of aromatic nitrogens is 3. The number of imidazole rings is 1. The molecule has 8 nitrogen and oxygen atoms in total. The van der Waals surface area contributed by atoms with Gasteiger partial charge in [0.15, 0.2) is 0 Å². The molecule has 0 atom stereocenters. The molecular formula is C25H24FN5O3. The number of hydrogen-bond acceptors (Lipinski definition) is 6. The first-order valence-corrected chi connectivity index (χ1v) is 11.1. The van der Waals surface area contributed by atoms with Crippen LogP contribution < -0.4 is 10.1 Å². The maximum atomic E-state index is 14.2. The molecule has 2 N–H and O–H groups in total. The monoisotopic (exact) mass is 461 g/mol. The number of nitrogens with zero attached hydrogens (tertiary/aromatic N) is 3.